The molecule has 0 fully saturated rings. The van der Waals surface area contributed by atoms with E-state index in [1.54, 1.807) is 13.0 Å². The van der Waals surface area contributed by atoms with E-state index < -0.39 is 12.0 Å². The van der Waals surface area contributed by atoms with Gasteiger partial charge in [0.05, 0.1) is 23.9 Å². The predicted molar refractivity (Wildman–Crippen MR) is 103 cm³/mol. The number of ether oxygens (including phenoxy) is 1. The number of thiocarbonyl (C=S) groups is 1. The zero-order chi connectivity index (χ0) is 17.8. The van der Waals surface area contributed by atoms with Gasteiger partial charge in [0.25, 0.3) is 0 Å². The van der Waals surface area contributed by atoms with Gasteiger partial charge in [-0.3, -0.25) is 0 Å². The van der Waals surface area contributed by atoms with Crippen LogP contribution >= 0.6 is 23.8 Å². The van der Waals surface area contributed by atoms with Crippen LogP contribution in [0.1, 0.15) is 24.1 Å². The van der Waals surface area contributed by atoms with Crippen molar-refractivity contribution in [1.82, 2.24) is 10.6 Å². The molecule has 0 aliphatic carbocycles. The van der Waals surface area contributed by atoms with E-state index in [0.29, 0.717) is 21.4 Å². The van der Waals surface area contributed by atoms with Gasteiger partial charge in [-0.05, 0) is 42.4 Å². The Morgan fingerprint density at radius 2 is 1.96 bits per heavy atom. The Labute approximate surface area is 156 Å². The summed E-state index contributed by atoms with van der Waals surface area (Å²) in [7, 11) is 0. The Kier molecular flexibility index (Phi) is 5.36. The van der Waals surface area contributed by atoms with E-state index >= 15 is 0 Å². The summed E-state index contributed by atoms with van der Waals surface area (Å²) in [6.07, 6.45) is 0. The van der Waals surface area contributed by atoms with Gasteiger partial charge < -0.3 is 15.4 Å². The van der Waals surface area contributed by atoms with Gasteiger partial charge in [-0.25, -0.2) is 4.79 Å². The molecule has 0 unspecified atom stereocenters. The molecular weight excluding hydrogens is 356 g/mol. The fourth-order valence-corrected chi connectivity index (χ4v) is 3.18. The van der Waals surface area contributed by atoms with Crippen molar-refractivity contribution in [3.63, 3.8) is 0 Å². The van der Waals surface area contributed by atoms with Gasteiger partial charge in [-0.1, -0.05) is 54.1 Å². The number of hydrogen-bond donors (Lipinski definition) is 2. The number of carbonyl (C=O) groups excluding carboxylic acids is 1. The molecule has 1 heterocycles. The van der Waals surface area contributed by atoms with Crippen molar-refractivity contribution in [2.45, 2.75) is 13.0 Å². The van der Waals surface area contributed by atoms with Crippen LogP contribution in [0.2, 0.25) is 5.02 Å². The molecule has 0 aromatic heterocycles. The number of carbonyl (C=O) groups is 1. The zero-order valence-electron chi connectivity index (χ0n) is 13.6. The molecule has 128 valence electrons. The summed E-state index contributed by atoms with van der Waals surface area (Å²) in [5.41, 5.74) is 2.82. The van der Waals surface area contributed by atoms with Crippen molar-refractivity contribution < 1.29 is 9.53 Å². The summed E-state index contributed by atoms with van der Waals surface area (Å²) in [4.78, 5) is 12.7. The fraction of sp³-hybridized carbons (Fsp3) is 0.158. The largest absolute Gasteiger partial charge is 0.463 e. The van der Waals surface area contributed by atoms with E-state index in [2.05, 4.69) is 10.6 Å². The van der Waals surface area contributed by atoms with Crippen LogP contribution in [-0.4, -0.2) is 17.7 Å². The van der Waals surface area contributed by atoms with Crippen LogP contribution in [0, 0.1) is 0 Å². The topological polar surface area (TPSA) is 50.4 Å². The highest BCUT2D eigenvalue weighted by Crippen LogP contribution is 2.32. The second kappa shape index (κ2) is 7.68. The SMILES string of the molecule is CCOC(=O)C1=C(c2ccccc2)NC(=S)N[C@H]1c1cccc(Cl)c1. The number of benzene rings is 2. The first-order valence-corrected chi connectivity index (χ1v) is 8.68. The van der Waals surface area contributed by atoms with Crippen LogP contribution in [0.5, 0.6) is 0 Å². The first-order chi connectivity index (χ1) is 12.1. The summed E-state index contributed by atoms with van der Waals surface area (Å²) in [5.74, 6) is -0.395. The second-order valence-corrected chi connectivity index (χ2v) is 6.31. The summed E-state index contributed by atoms with van der Waals surface area (Å²) in [5, 5.41) is 7.29. The van der Waals surface area contributed by atoms with Crippen LogP contribution in [0.3, 0.4) is 0 Å². The second-order valence-electron chi connectivity index (χ2n) is 5.46. The van der Waals surface area contributed by atoms with Gasteiger partial charge in [0, 0.05) is 5.02 Å². The Bertz CT molecular complexity index is 836. The van der Waals surface area contributed by atoms with Gasteiger partial charge >= 0.3 is 5.97 Å². The molecule has 3 rings (SSSR count). The minimum Gasteiger partial charge on any atom is -0.463 e. The molecule has 0 saturated heterocycles. The lowest BCUT2D eigenvalue weighted by Gasteiger charge is -2.31. The zero-order valence-corrected chi connectivity index (χ0v) is 15.2. The van der Waals surface area contributed by atoms with Crippen molar-refractivity contribution in [3.8, 4) is 0 Å². The van der Waals surface area contributed by atoms with E-state index in [1.807, 2.05) is 48.5 Å². The summed E-state index contributed by atoms with van der Waals surface area (Å²) >= 11 is 11.5. The standard InChI is InChI=1S/C19H17ClN2O2S/c1-2-24-18(23)15-16(12-7-4-3-5-8-12)21-19(25)22-17(15)13-9-6-10-14(20)11-13/h3-11,17H,2H2,1H3,(H2,21,22,25)/t17-/m0/s1. The molecule has 0 bridgehead atoms. The highest BCUT2D eigenvalue weighted by molar-refractivity contribution is 7.80. The third kappa shape index (κ3) is 3.83. The van der Waals surface area contributed by atoms with Crippen LogP contribution < -0.4 is 10.6 Å². The van der Waals surface area contributed by atoms with Gasteiger partial charge in [0.1, 0.15) is 0 Å². The first kappa shape index (κ1) is 17.5. The molecule has 2 aromatic carbocycles. The molecule has 2 aromatic rings. The lowest BCUT2D eigenvalue weighted by Crippen LogP contribution is -2.45. The molecule has 0 spiro atoms. The molecule has 25 heavy (non-hydrogen) atoms. The van der Waals surface area contributed by atoms with Crippen molar-refractivity contribution in [2.75, 3.05) is 6.61 Å². The molecule has 0 radical (unpaired) electrons. The molecule has 1 aliphatic rings. The lowest BCUT2D eigenvalue weighted by molar-refractivity contribution is -0.138. The van der Waals surface area contributed by atoms with Gasteiger partial charge in [0.15, 0.2) is 5.11 Å². The third-order valence-corrected chi connectivity index (χ3v) is 4.27. The minimum absolute atomic E-state index is 0.289. The number of nitrogens with one attached hydrogen (secondary N) is 2. The van der Waals surface area contributed by atoms with Crippen molar-refractivity contribution in [2.24, 2.45) is 0 Å². The summed E-state index contributed by atoms with van der Waals surface area (Å²) < 4.78 is 5.30. The number of halogens is 1. The summed E-state index contributed by atoms with van der Waals surface area (Å²) in [6.45, 7) is 2.07. The fourth-order valence-electron chi connectivity index (χ4n) is 2.76. The monoisotopic (exact) mass is 372 g/mol. The van der Waals surface area contributed by atoms with Crippen molar-refractivity contribution in [1.29, 1.82) is 0 Å². The highest BCUT2D eigenvalue weighted by Gasteiger charge is 2.33. The Hall–Kier alpha value is -2.37. The van der Waals surface area contributed by atoms with Gasteiger partial charge in [-0.2, -0.15) is 0 Å². The predicted octanol–water partition coefficient (Wildman–Crippen LogP) is 3.83. The molecular formula is C19H17ClN2O2S. The van der Waals surface area contributed by atoms with E-state index in [-0.39, 0.29) is 6.61 Å². The third-order valence-electron chi connectivity index (χ3n) is 3.81. The number of rotatable bonds is 4. The van der Waals surface area contributed by atoms with Crippen LogP contribution in [0.4, 0.5) is 0 Å². The number of esters is 1. The minimum atomic E-state index is -0.443. The molecule has 4 nitrogen and oxygen atoms in total. The quantitative estimate of drug-likeness (QED) is 0.631. The Morgan fingerprint density at radius 1 is 1.20 bits per heavy atom. The molecule has 0 amide bonds. The molecule has 1 aliphatic heterocycles. The lowest BCUT2D eigenvalue weighted by atomic mass is 9.93. The first-order valence-electron chi connectivity index (χ1n) is 7.90. The Morgan fingerprint density at radius 3 is 2.64 bits per heavy atom. The maximum absolute atomic E-state index is 12.7. The highest BCUT2D eigenvalue weighted by atomic mass is 35.5. The van der Waals surface area contributed by atoms with E-state index in [9.17, 15) is 4.79 Å². The van der Waals surface area contributed by atoms with Gasteiger partial charge in [-0.15, -0.1) is 0 Å². The van der Waals surface area contributed by atoms with Crippen LogP contribution in [-0.2, 0) is 9.53 Å². The average Bonchev–Trinajstić information content (AvgIpc) is 2.62. The molecule has 2 N–H and O–H groups in total. The smallest absolute Gasteiger partial charge is 0.338 e. The molecule has 1 atom stereocenters. The van der Waals surface area contributed by atoms with Crippen molar-refractivity contribution in [3.05, 3.63) is 76.3 Å². The maximum Gasteiger partial charge on any atom is 0.338 e. The normalized spacial score (nSPS) is 16.9. The number of hydrogen-bond acceptors (Lipinski definition) is 3. The van der Waals surface area contributed by atoms with E-state index in [4.69, 9.17) is 28.6 Å². The molecule has 0 saturated carbocycles. The van der Waals surface area contributed by atoms with Gasteiger partial charge in [0.2, 0.25) is 0 Å². The van der Waals surface area contributed by atoms with Crippen molar-refractivity contribution >= 4 is 40.6 Å². The van der Waals surface area contributed by atoms with Crippen LogP contribution in [0.25, 0.3) is 5.70 Å². The van der Waals surface area contributed by atoms with Crippen LogP contribution in [0.15, 0.2) is 60.2 Å². The Balaban J connectivity index is 2.18. The van der Waals surface area contributed by atoms with E-state index in [0.717, 1.165) is 11.1 Å². The maximum atomic E-state index is 12.7. The van der Waals surface area contributed by atoms with E-state index in [1.165, 1.54) is 0 Å². The average molecular weight is 373 g/mol. The molecule has 6 heteroatoms. The summed E-state index contributed by atoms with van der Waals surface area (Å²) in [6, 6.07) is 16.5.